The summed E-state index contributed by atoms with van der Waals surface area (Å²) >= 11 is 1.81. The molecule has 0 unspecified atom stereocenters. The number of carbonyl (C=O) groups is 1. The Morgan fingerprint density at radius 3 is 2.65 bits per heavy atom. The maximum absolute atomic E-state index is 12.6. The van der Waals surface area contributed by atoms with Crippen molar-refractivity contribution in [3.05, 3.63) is 59.1 Å². The summed E-state index contributed by atoms with van der Waals surface area (Å²) < 4.78 is 0. The number of aromatic nitrogens is 1. The number of amides is 1. The minimum absolute atomic E-state index is 0.0453. The molecule has 2 fully saturated rings. The topological polar surface area (TPSA) is 51.7 Å². The lowest BCUT2D eigenvalue weighted by molar-refractivity contribution is -0.118. The summed E-state index contributed by atoms with van der Waals surface area (Å²) in [7, 11) is 0. The van der Waals surface area contributed by atoms with Crippen LogP contribution < -0.4 is 15.1 Å². The van der Waals surface area contributed by atoms with Crippen molar-refractivity contribution in [2.24, 2.45) is 0 Å². The van der Waals surface area contributed by atoms with Crippen LogP contribution in [-0.2, 0) is 11.3 Å². The molecular formula is C27H31N5OS. The molecule has 2 aromatic heterocycles. The van der Waals surface area contributed by atoms with Crippen LogP contribution in [0.3, 0.4) is 0 Å². The Hall–Kier alpha value is -2.90. The van der Waals surface area contributed by atoms with Gasteiger partial charge in [-0.05, 0) is 72.5 Å². The van der Waals surface area contributed by atoms with Gasteiger partial charge in [-0.3, -0.25) is 9.69 Å². The smallest absolute Gasteiger partial charge is 0.247 e. The SMILES string of the molecule is Cc1ccsc1-c1ccc(N2CCN(Cc3cnc4c(c3)NC(=O)[C@@H]3CCCCN43)CC2)cc1. The highest BCUT2D eigenvalue weighted by atomic mass is 32.1. The van der Waals surface area contributed by atoms with E-state index in [0.29, 0.717) is 0 Å². The first-order valence-corrected chi connectivity index (χ1v) is 13.2. The number of piperidine rings is 1. The zero-order chi connectivity index (χ0) is 23.1. The molecule has 3 aliphatic rings. The minimum Gasteiger partial charge on any atom is -0.369 e. The second-order valence-electron chi connectivity index (χ2n) is 9.65. The van der Waals surface area contributed by atoms with Gasteiger partial charge in [-0.2, -0.15) is 0 Å². The third kappa shape index (κ3) is 4.07. The molecule has 5 heterocycles. The Morgan fingerprint density at radius 1 is 1.06 bits per heavy atom. The number of piperazine rings is 1. The van der Waals surface area contributed by atoms with Gasteiger partial charge in [0.1, 0.15) is 6.04 Å². The number of hydrogen-bond donors (Lipinski definition) is 1. The molecule has 176 valence electrons. The predicted octanol–water partition coefficient (Wildman–Crippen LogP) is 4.75. The van der Waals surface area contributed by atoms with Gasteiger partial charge in [-0.25, -0.2) is 4.98 Å². The molecule has 3 aliphatic heterocycles. The summed E-state index contributed by atoms with van der Waals surface area (Å²) in [5, 5.41) is 5.28. The van der Waals surface area contributed by atoms with Gasteiger partial charge in [-0.15, -0.1) is 11.3 Å². The summed E-state index contributed by atoms with van der Waals surface area (Å²) in [4.78, 5) is 25.9. The number of rotatable bonds is 4. The molecule has 0 spiro atoms. The first kappa shape index (κ1) is 21.6. The Bertz CT molecular complexity index is 1180. The highest BCUT2D eigenvalue weighted by Gasteiger charge is 2.35. The number of thiophene rings is 1. The molecule has 6 rings (SSSR count). The number of anilines is 3. The second-order valence-corrected chi connectivity index (χ2v) is 10.6. The quantitative estimate of drug-likeness (QED) is 0.593. The molecule has 1 atom stereocenters. The monoisotopic (exact) mass is 473 g/mol. The third-order valence-electron chi connectivity index (χ3n) is 7.39. The van der Waals surface area contributed by atoms with E-state index in [2.05, 4.69) is 68.7 Å². The normalized spacial score (nSPS) is 20.6. The van der Waals surface area contributed by atoms with E-state index in [4.69, 9.17) is 4.98 Å². The van der Waals surface area contributed by atoms with E-state index in [9.17, 15) is 4.79 Å². The van der Waals surface area contributed by atoms with Gasteiger partial charge in [0.15, 0.2) is 5.82 Å². The summed E-state index contributed by atoms with van der Waals surface area (Å²) in [5.74, 6) is 1.07. The molecule has 1 amide bonds. The van der Waals surface area contributed by atoms with E-state index in [-0.39, 0.29) is 11.9 Å². The molecule has 6 nitrogen and oxygen atoms in total. The van der Waals surface area contributed by atoms with E-state index in [1.54, 1.807) is 0 Å². The Balaban J connectivity index is 1.08. The first-order valence-electron chi connectivity index (χ1n) is 12.3. The van der Waals surface area contributed by atoms with Crippen LogP contribution in [0.15, 0.2) is 48.0 Å². The van der Waals surface area contributed by atoms with E-state index < -0.39 is 0 Å². The van der Waals surface area contributed by atoms with Crippen LogP contribution in [0.5, 0.6) is 0 Å². The van der Waals surface area contributed by atoms with Gasteiger partial charge in [0, 0.05) is 56.0 Å². The summed E-state index contributed by atoms with van der Waals surface area (Å²) in [6, 6.07) is 13.3. The number of fused-ring (bicyclic) bond motifs is 3. The lowest BCUT2D eigenvalue weighted by atomic mass is 9.99. The molecule has 0 radical (unpaired) electrons. The number of pyridine rings is 1. The van der Waals surface area contributed by atoms with E-state index in [0.717, 1.165) is 70.0 Å². The number of nitrogens with one attached hydrogen (secondary N) is 1. The lowest BCUT2D eigenvalue weighted by Gasteiger charge is -2.40. The maximum atomic E-state index is 12.6. The van der Waals surface area contributed by atoms with Crippen molar-refractivity contribution in [2.75, 3.05) is 47.8 Å². The molecule has 3 aromatic rings. The van der Waals surface area contributed by atoms with Crippen molar-refractivity contribution >= 4 is 34.4 Å². The van der Waals surface area contributed by atoms with E-state index >= 15 is 0 Å². The van der Waals surface area contributed by atoms with Crippen LogP contribution in [0, 0.1) is 6.92 Å². The number of hydrogen-bond acceptors (Lipinski definition) is 6. The van der Waals surface area contributed by atoms with Gasteiger partial charge in [0.25, 0.3) is 0 Å². The molecule has 1 N–H and O–H groups in total. The van der Waals surface area contributed by atoms with Crippen LogP contribution in [0.2, 0.25) is 0 Å². The highest BCUT2D eigenvalue weighted by molar-refractivity contribution is 7.13. The molecule has 34 heavy (non-hydrogen) atoms. The van der Waals surface area contributed by atoms with Gasteiger partial charge in [0.2, 0.25) is 5.91 Å². The van der Waals surface area contributed by atoms with Crippen LogP contribution in [0.1, 0.15) is 30.4 Å². The van der Waals surface area contributed by atoms with Gasteiger partial charge in [0.05, 0.1) is 5.69 Å². The fourth-order valence-corrected chi connectivity index (χ4v) is 6.43. The number of carbonyl (C=O) groups excluding carboxylic acids is 1. The molecule has 2 saturated heterocycles. The standard InChI is InChI=1S/C27H31N5OS/c1-19-9-15-34-25(19)21-5-7-22(8-6-21)31-13-11-30(12-14-31)18-20-16-23-26(28-17-20)32-10-3-2-4-24(32)27(33)29-23/h5-9,15-17,24H,2-4,10-14,18H2,1H3,(H,29,33)/t24-/m0/s1. The van der Waals surface area contributed by atoms with Crippen LogP contribution in [0.4, 0.5) is 17.2 Å². The van der Waals surface area contributed by atoms with Crippen LogP contribution >= 0.6 is 11.3 Å². The predicted molar refractivity (Wildman–Crippen MR) is 140 cm³/mol. The third-order valence-corrected chi connectivity index (χ3v) is 8.46. The molecular weight excluding hydrogens is 442 g/mol. The average molecular weight is 474 g/mol. The van der Waals surface area contributed by atoms with Crippen molar-refractivity contribution in [3.63, 3.8) is 0 Å². The molecule has 0 saturated carbocycles. The second kappa shape index (κ2) is 9.04. The van der Waals surface area contributed by atoms with Crippen LogP contribution in [-0.4, -0.2) is 54.6 Å². The minimum atomic E-state index is -0.0453. The largest absolute Gasteiger partial charge is 0.369 e. The number of nitrogens with zero attached hydrogens (tertiary/aromatic N) is 4. The molecule has 7 heteroatoms. The Morgan fingerprint density at radius 2 is 1.88 bits per heavy atom. The molecule has 0 aliphatic carbocycles. The lowest BCUT2D eigenvalue weighted by Crippen LogP contribution is -2.51. The first-order chi connectivity index (χ1) is 16.7. The zero-order valence-electron chi connectivity index (χ0n) is 19.7. The van der Waals surface area contributed by atoms with Crippen molar-refractivity contribution in [1.29, 1.82) is 0 Å². The van der Waals surface area contributed by atoms with Gasteiger partial charge in [-0.1, -0.05) is 12.1 Å². The Labute approximate surface area is 205 Å². The average Bonchev–Trinajstić information content (AvgIpc) is 3.30. The number of benzene rings is 1. The summed E-state index contributed by atoms with van der Waals surface area (Å²) in [5.41, 5.74) is 5.99. The fourth-order valence-electron chi connectivity index (χ4n) is 5.50. The van der Waals surface area contributed by atoms with Crippen molar-refractivity contribution in [1.82, 2.24) is 9.88 Å². The highest BCUT2D eigenvalue weighted by Crippen LogP contribution is 2.35. The van der Waals surface area contributed by atoms with E-state index in [1.807, 2.05) is 17.5 Å². The van der Waals surface area contributed by atoms with Gasteiger partial charge >= 0.3 is 0 Å². The summed E-state index contributed by atoms with van der Waals surface area (Å²) in [6.45, 7) is 8.03. The molecule has 1 aromatic carbocycles. The maximum Gasteiger partial charge on any atom is 0.247 e. The Kier molecular flexibility index (Phi) is 5.75. The van der Waals surface area contributed by atoms with Crippen molar-refractivity contribution < 1.29 is 4.79 Å². The van der Waals surface area contributed by atoms with Crippen molar-refractivity contribution in [3.8, 4) is 10.4 Å². The van der Waals surface area contributed by atoms with E-state index in [1.165, 1.54) is 27.3 Å². The van der Waals surface area contributed by atoms with Crippen LogP contribution in [0.25, 0.3) is 10.4 Å². The number of aryl methyl sites for hydroxylation is 1. The fraction of sp³-hybridized carbons (Fsp3) is 0.407. The summed E-state index contributed by atoms with van der Waals surface area (Å²) in [6.07, 6.45) is 5.18. The zero-order valence-corrected chi connectivity index (χ0v) is 20.5. The van der Waals surface area contributed by atoms with Gasteiger partial charge < -0.3 is 15.1 Å². The van der Waals surface area contributed by atoms with Crippen molar-refractivity contribution in [2.45, 2.75) is 38.8 Å². The molecule has 0 bridgehead atoms.